The van der Waals surface area contributed by atoms with Gasteiger partial charge in [0, 0.05) is 0 Å². The first-order valence-electron chi connectivity index (χ1n) is 7.87. The molecule has 0 aliphatic rings. The molecule has 0 fully saturated rings. The fourth-order valence-corrected chi connectivity index (χ4v) is 1.93. The standard InChI is InChI=1S/C19H21FN2O2/c1-14(2)11-12-24-16-9-7-15(8-10-16)13-21-22-19(23)17-5-3-4-6-18(17)20/h3-10,13-14H,11-12H2,1-2H3,(H,22,23)/b21-13-. The molecule has 0 aliphatic heterocycles. The van der Waals surface area contributed by atoms with Gasteiger partial charge in [0.05, 0.1) is 18.4 Å². The largest absolute Gasteiger partial charge is 0.494 e. The number of hydrogen-bond acceptors (Lipinski definition) is 3. The van der Waals surface area contributed by atoms with Crippen LogP contribution in [0.5, 0.6) is 5.75 Å². The first-order chi connectivity index (χ1) is 11.6. The predicted molar refractivity (Wildman–Crippen MR) is 92.9 cm³/mol. The van der Waals surface area contributed by atoms with Gasteiger partial charge in [-0.3, -0.25) is 4.79 Å². The van der Waals surface area contributed by atoms with Crippen molar-refractivity contribution in [1.82, 2.24) is 5.43 Å². The van der Waals surface area contributed by atoms with Crippen LogP contribution in [0.1, 0.15) is 36.2 Å². The molecule has 1 amide bonds. The summed E-state index contributed by atoms with van der Waals surface area (Å²) in [6.07, 6.45) is 2.50. The number of hydrogen-bond donors (Lipinski definition) is 1. The summed E-state index contributed by atoms with van der Waals surface area (Å²) in [5.74, 6) is 0.240. The van der Waals surface area contributed by atoms with Crippen LogP contribution in [0.25, 0.3) is 0 Å². The Balaban J connectivity index is 1.86. The quantitative estimate of drug-likeness (QED) is 0.616. The monoisotopic (exact) mass is 328 g/mol. The maximum Gasteiger partial charge on any atom is 0.274 e. The lowest BCUT2D eigenvalue weighted by molar-refractivity contribution is 0.0951. The molecule has 0 saturated heterocycles. The Labute approximate surface area is 141 Å². The highest BCUT2D eigenvalue weighted by Crippen LogP contribution is 2.12. The Hall–Kier alpha value is -2.69. The summed E-state index contributed by atoms with van der Waals surface area (Å²) in [5, 5.41) is 3.84. The van der Waals surface area contributed by atoms with E-state index < -0.39 is 11.7 Å². The molecule has 0 bridgehead atoms. The third kappa shape index (κ3) is 5.50. The molecule has 0 spiro atoms. The van der Waals surface area contributed by atoms with Crippen molar-refractivity contribution in [2.24, 2.45) is 11.0 Å². The molecule has 4 nitrogen and oxygen atoms in total. The van der Waals surface area contributed by atoms with E-state index in [2.05, 4.69) is 24.4 Å². The average Bonchev–Trinajstić information content (AvgIpc) is 2.56. The van der Waals surface area contributed by atoms with Gasteiger partial charge in [-0.1, -0.05) is 26.0 Å². The number of ether oxygens (including phenoxy) is 1. The molecule has 0 aliphatic carbocycles. The molecule has 2 aromatic carbocycles. The van der Waals surface area contributed by atoms with Crippen LogP contribution in [0.3, 0.4) is 0 Å². The first-order valence-corrected chi connectivity index (χ1v) is 7.87. The second-order valence-electron chi connectivity index (χ2n) is 5.78. The van der Waals surface area contributed by atoms with Gasteiger partial charge >= 0.3 is 0 Å². The smallest absolute Gasteiger partial charge is 0.274 e. The van der Waals surface area contributed by atoms with Crippen molar-refractivity contribution >= 4 is 12.1 Å². The van der Waals surface area contributed by atoms with Gasteiger partial charge in [0.25, 0.3) is 5.91 Å². The number of amides is 1. The Kier molecular flexibility index (Phi) is 6.49. The highest BCUT2D eigenvalue weighted by molar-refractivity contribution is 5.95. The third-order valence-corrected chi connectivity index (χ3v) is 3.34. The summed E-state index contributed by atoms with van der Waals surface area (Å²) < 4.78 is 19.1. The van der Waals surface area contributed by atoms with Crippen LogP contribution in [-0.2, 0) is 0 Å². The average molecular weight is 328 g/mol. The van der Waals surface area contributed by atoms with E-state index in [1.165, 1.54) is 24.4 Å². The Bertz CT molecular complexity index is 697. The van der Waals surface area contributed by atoms with Gasteiger partial charge in [-0.05, 0) is 54.3 Å². The zero-order chi connectivity index (χ0) is 17.4. The molecule has 0 unspecified atom stereocenters. The maximum atomic E-state index is 13.5. The summed E-state index contributed by atoms with van der Waals surface area (Å²) in [7, 11) is 0. The molecule has 2 rings (SSSR count). The molecule has 0 atom stereocenters. The minimum Gasteiger partial charge on any atom is -0.494 e. The van der Waals surface area contributed by atoms with E-state index in [0.29, 0.717) is 12.5 Å². The fraction of sp³-hybridized carbons (Fsp3) is 0.263. The normalized spacial score (nSPS) is 11.0. The van der Waals surface area contributed by atoms with E-state index in [-0.39, 0.29) is 5.56 Å². The second kappa shape index (κ2) is 8.82. The van der Waals surface area contributed by atoms with E-state index in [9.17, 15) is 9.18 Å². The molecule has 126 valence electrons. The van der Waals surface area contributed by atoms with E-state index in [1.54, 1.807) is 6.07 Å². The van der Waals surface area contributed by atoms with Crippen LogP contribution >= 0.6 is 0 Å². The van der Waals surface area contributed by atoms with Crippen LogP contribution in [0.15, 0.2) is 53.6 Å². The van der Waals surface area contributed by atoms with E-state index >= 15 is 0 Å². The Morgan fingerprint density at radius 1 is 1.21 bits per heavy atom. The van der Waals surface area contributed by atoms with Crippen LogP contribution in [0, 0.1) is 11.7 Å². The lowest BCUT2D eigenvalue weighted by Crippen LogP contribution is -2.18. The van der Waals surface area contributed by atoms with Crippen molar-refractivity contribution in [2.75, 3.05) is 6.61 Å². The van der Waals surface area contributed by atoms with Crippen LogP contribution in [-0.4, -0.2) is 18.7 Å². The van der Waals surface area contributed by atoms with Gasteiger partial charge in [-0.15, -0.1) is 0 Å². The van der Waals surface area contributed by atoms with Crippen molar-refractivity contribution in [2.45, 2.75) is 20.3 Å². The summed E-state index contributed by atoms with van der Waals surface area (Å²) in [6, 6.07) is 13.1. The van der Waals surface area contributed by atoms with Crippen LogP contribution in [0.4, 0.5) is 4.39 Å². The number of carbonyl (C=O) groups excluding carboxylic acids is 1. The summed E-state index contributed by atoms with van der Waals surface area (Å²) in [5.41, 5.74) is 3.08. The second-order valence-corrected chi connectivity index (χ2v) is 5.78. The fourth-order valence-electron chi connectivity index (χ4n) is 1.93. The van der Waals surface area contributed by atoms with Gasteiger partial charge < -0.3 is 4.74 Å². The number of nitrogens with one attached hydrogen (secondary N) is 1. The number of halogens is 1. The maximum absolute atomic E-state index is 13.5. The molecule has 2 aromatic rings. The van der Waals surface area contributed by atoms with E-state index in [4.69, 9.17) is 4.74 Å². The van der Waals surface area contributed by atoms with Crippen molar-refractivity contribution in [3.63, 3.8) is 0 Å². The molecule has 0 saturated carbocycles. The molecular formula is C19H21FN2O2. The highest BCUT2D eigenvalue weighted by Gasteiger charge is 2.09. The van der Waals surface area contributed by atoms with Crippen molar-refractivity contribution in [3.8, 4) is 5.75 Å². The van der Waals surface area contributed by atoms with Crippen molar-refractivity contribution in [1.29, 1.82) is 0 Å². The van der Waals surface area contributed by atoms with Crippen LogP contribution in [0.2, 0.25) is 0 Å². The van der Waals surface area contributed by atoms with Gasteiger partial charge in [0.15, 0.2) is 0 Å². The molecule has 0 aromatic heterocycles. The molecular weight excluding hydrogens is 307 g/mol. The van der Waals surface area contributed by atoms with E-state index in [1.807, 2.05) is 24.3 Å². The number of nitrogens with zero attached hydrogens (tertiary/aromatic N) is 1. The highest BCUT2D eigenvalue weighted by atomic mass is 19.1. The Morgan fingerprint density at radius 2 is 1.92 bits per heavy atom. The minimum absolute atomic E-state index is 0.0384. The minimum atomic E-state index is -0.585. The number of benzene rings is 2. The van der Waals surface area contributed by atoms with Gasteiger partial charge in [0.1, 0.15) is 11.6 Å². The summed E-state index contributed by atoms with van der Waals surface area (Å²) >= 11 is 0. The van der Waals surface area contributed by atoms with Crippen molar-refractivity contribution in [3.05, 3.63) is 65.5 Å². The summed E-state index contributed by atoms with van der Waals surface area (Å²) in [4.78, 5) is 11.8. The molecule has 0 heterocycles. The van der Waals surface area contributed by atoms with Crippen LogP contribution < -0.4 is 10.2 Å². The van der Waals surface area contributed by atoms with Crippen molar-refractivity contribution < 1.29 is 13.9 Å². The zero-order valence-electron chi connectivity index (χ0n) is 13.8. The summed E-state index contributed by atoms with van der Waals surface area (Å²) in [6.45, 7) is 4.99. The van der Waals surface area contributed by atoms with Gasteiger partial charge in [-0.25, -0.2) is 9.82 Å². The lowest BCUT2D eigenvalue weighted by Gasteiger charge is -2.07. The number of hydrazone groups is 1. The topological polar surface area (TPSA) is 50.7 Å². The number of rotatable bonds is 7. The number of carbonyl (C=O) groups is 1. The molecule has 0 radical (unpaired) electrons. The third-order valence-electron chi connectivity index (χ3n) is 3.34. The molecule has 24 heavy (non-hydrogen) atoms. The first kappa shape index (κ1) is 17.7. The lowest BCUT2D eigenvalue weighted by atomic mass is 10.1. The van der Waals surface area contributed by atoms with E-state index in [0.717, 1.165) is 17.7 Å². The predicted octanol–water partition coefficient (Wildman–Crippen LogP) is 4.01. The van der Waals surface area contributed by atoms with Gasteiger partial charge in [0.2, 0.25) is 0 Å². The zero-order valence-corrected chi connectivity index (χ0v) is 13.8. The van der Waals surface area contributed by atoms with Gasteiger partial charge in [-0.2, -0.15) is 5.10 Å². The Morgan fingerprint density at radius 3 is 2.58 bits per heavy atom. The molecule has 1 N–H and O–H groups in total. The molecule has 5 heteroatoms. The SMILES string of the molecule is CC(C)CCOc1ccc(/C=N\NC(=O)c2ccccc2F)cc1.